The molecular formula is C16H21F2N3O. The van der Waals surface area contributed by atoms with Crippen molar-refractivity contribution < 1.29 is 13.5 Å². The lowest BCUT2D eigenvalue weighted by molar-refractivity contribution is 0.156. The molecule has 1 unspecified atom stereocenters. The summed E-state index contributed by atoms with van der Waals surface area (Å²) in [6, 6.07) is 3.49. The molecular weight excluding hydrogens is 288 g/mol. The summed E-state index contributed by atoms with van der Waals surface area (Å²) in [5, 5.41) is 3.13. The molecule has 2 fully saturated rings. The molecule has 2 saturated heterocycles. The summed E-state index contributed by atoms with van der Waals surface area (Å²) in [5.74, 6) is -0.115. The minimum absolute atomic E-state index is 0.219. The molecule has 1 spiro atoms. The summed E-state index contributed by atoms with van der Waals surface area (Å²) >= 11 is 0. The zero-order chi connectivity index (χ0) is 15.6. The second kappa shape index (κ2) is 6.20. The monoisotopic (exact) mass is 309 g/mol. The van der Waals surface area contributed by atoms with E-state index in [0.717, 1.165) is 57.2 Å². The molecule has 2 aliphatic heterocycles. The molecule has 1 N–H and O–H groups in total. The van der Waals surface area contributed by atoms with Gasteiger partial charge in [-0.2, -0.15) is 0 Å². The van der Waals surface area contributed by atoms with Crippen molar-refractivity contribution in [3.63, 3.8) is 0 Å². The fourth-order valence-electron chi connectivity index (χ4n) is 3.27. The Morgan fingerprint density at radius 1 is 1.41 bits per heavy atom. The highest BCUT2D eigenvalue weighted by Gasteiger charge is 2.42. The van der Waals surface area contributed by atoms with Gasteiger partial charge in [-0.3, -0.25) is 4.99 Å². The lowest BCUT2D eigenvalue weighted by Gasteiger charge is -2.25. The Hall–Kier alpha value is -1.69. The van der Waals surface area contributed by atoms with Gasteiger partial charge in [-0.05, 0) is 31.0 Å². The first kappa shape index (κ1) is 15.2. The van der Waals surface area contributed by atoms with Crippen molar-refractivity contribution in [2.45, 2.75) is 19.4 Å². The number of rotatable bonds is 2. The van der Waals surface area contributed by atoms with E-state index in [-0.39, 0.29) is 12.0 Å². The van der Waals surface area contributed by atoms with E-state index in [1.54, 1.807) is 7.05 Å². The molecule has 3 rings (SSSR count). The van der Waals surface area contributed by atoms with Crippen LogP contribution in [0, 0.1) is 17.0 Å². The number of guanidine groups is 1. The van der Waals surface area contributed by atoms with Crippen molar-refractivity contribution in [1.29, 1.82) is 0 Å². The van der Waals surface area contributed by atoms with E-state index in [4.69, 9.17) is 4.74 Å². The summed E-state index contributed by atoms with van der Waals surface area (Å²) in [4.78, 5) is 6.44. The number of ether oxygens (including phenoxy) is 1. The molecule has 2 aliphatic rings. The van der Waals surface area contributed by atoms with E-state index in [0.29, 0.717) is 5.56 Å². The smallest absolute Gasteiger partial charge is 0.193 e. The third kappa shape index (κ3) is 3.06. The fourth-order valence-corrected chi connectivity index (χ4v) is 3.27. The van der Waals surface area contributed by atoms with Crippen molar-refractivity contribution in [2.24, 2.45) is 10.4 Å². The van der Waals surface area contributed by atoms with Gasteiger partial charge in [0.2, 0.25) is 0 Å². The standard InChI is InChI=1S/C16H21F2N3O/c1-19-15(20-9-12-8-13(17)2-3-14(12)18)21-6-4-16(10-21)5-7-22-11-16/h2-3,8H,4-7,9-11H2,1H3,(H,19,20). The van der Waals surface area contributed by atoms with Gasteiger partial charge in [-0.15, -0.1) is 0 Å². The lowest BCUT2D eigenvalue weighted by atomic mass is 9.87. The second-order valence-electron chi connectivity index (χ2n) is 6.11. The van der Waals surface area contributed by atoms with Gasteiger partial charge < -0.3 is 15.0 Å². The lowest BCUT2D eigenvalue weighted by Crippen LogP contribution is -2.41. The Balaban J connectivity index is 1.62. The Kier molecular flexibility index (Phi) is 4.29. The largest absolute Gasteiger partial charge is 0.381 e. The summed E-state index contributed by atoms with van der Waals surface area (Å²) in [6.07, 6.45) is 2.17. The molecule has 1 aromatic rings. The topological polar surface area (TPSA) is 36.9 Å². The SMILES string of the molecule is CN=C(NCc1cc(F)ccc1F)N1CCC2(CCOC2)C1. The Morgan fingerprint density at radius 3 is 3.00 bits per heavy atom. The van der Waals surface area contributed by atoms with Crippen molar-refractivity contribution in [2.75, 3.05) is 33.4 Å². The van der Waals surface area contributed by atoms with Crippen LogP contribution < -0.4 is 5.32 Å². The maximum Gasteiger partial charge on any atom is 0.193 e. The third-order valence-electron chi connectivity index (χ3n) is 4.58. The van der Waals surface area contributed by atoms with Crippen LogP contribution in [0.1, 0.15) is 18.4 Å². The van der Waals surface area contributed by atoms with Crippen LogP contribution in [-0.4, -0.2) is 44.2 Å². The predicted octanol–water partition coefficient (Wildman–Crippen LogP) is 2.15. The molecule has 0 amide bonds. The average Bonchev–Trinajstić information content (AvgIpc) is 3.14. The zero-order valence-corrected chi connectivity index (χ0v) is 12.7. The Labute approximate surface area is 129 Å². The number of hydrogen-bond acceptors (Lipinski definition) is 2. The van der Waals surface area contributed by atoms with E-state index >= 15 is 0 Å². The van der Waals surface area contributed by atoms with Crippen molar-refractivity contribution in [3.05, 3.63) is 35.4 Å². The van der Waals surface area contributed by atoms with Gasteiger partial charge in [-0.25, -0.2) is 8.78 Å². The molecule has 22 heavy (non-hydrogen) atoms. The van der Waals surface area contributed by atoms with Gasteiger partial charge in [0.15, 0.2) is 5.96 Å². The number of nitrogens with zero attached hydrogens (tertiary/aromatic N) is 2. The van der Waals surface area contributed by atoms with Crippen LogP contribution in [0.4, 0.5) is 8.78 Å². The van der Waals surface area contributed by atoms with E-state index in [1.165, 1.54) is 6.07 Å². The van der Waals surface area contributed by atoms with Crippen molar-refractivity contribution in [3.8, 4) is 0 Å². The van der Waals surface area contributed by atoms with Crippen molar-refractivity contribution >= 4 is 5.96 Å². The van der Waals surface area contributed by atoms with Gasteiger partial charge >= 0.3 is 0 Å². The summed E-state index contributed by atoms with van der Waals surface area (Å²) in [6.45, 7) is 3.66. The summed E-state index contributed by atoms with van der Waals surface area (Å²) in [5.41, 5.74) is 0.543. The van der Waals surface area contributed by atoms with Crippen LogP contribution in [0.25, 0.3) is 0 Å². The average molecular weight is 309 g/mol. The Morgan fingerprint density at radius 2 is 2.27 bits per heavy atom. The number of benzene rings is 1. The van der Waals surface area contributed by atoms with Gasteiger partial charge in [0.05, 0.1) is 6.61 Å². The van der Waals surface area contributed by atoms with Gasteiger partial charge in [0, 0.05) is 44.3 Å². The molecule has 120 valence electrons. The summed E-state index contributed by atoms with van der Waals surface area (Å²) < 4.78 is 32.4. The maximum atomic E-state index is 13.7. The van der Waals surface area contributed by atoms with E-state index in [9.17, 15) is 8.78 Å². The number of aliphatic imine (C=N–C) groups is 1. The maximum absolute atomic E-state index is 13.7. The normalized spacial score (nSPS) is 25.2. The highest BCUT2D eigenvalue weighted by atomic mass is 19.1. The first-order chi connectivity index (χ1) is 10.6. The molecule has 1 atom stereocenters. The molecule has 0 radical (unpaired) electrons. The van der Waals surface area contributed by atoms with E-state index in [1.807, 2.05) is 0 Å². The zero-order valence-electron chi connectivity index (χ0n) is 12.7. The highest BCUT2D eigenvalue weighted by molar-refractivity contribution is 5.80. The van der Waals surface area contributed by atoms with Gasteiger partial charge in [0.25, 0.3) is 0 Å². The Bertz CT molecular complexity index is 571. The molecule has 0 bridgehead atoms. The van der Waals surface area contributed by atoms with Crippen LogP contribution in [0.3, 0.4) is 0 Å². The molecule has 2 heterocycles. The number of halogens is 2. The number of nitrogens with one attached hydrogen (secondary N) is 1. The summed E-state index contributed by atoms with van der Waals surface area (Å²) in [7, 11) is 1.71. The van der Waals surface area contributed by atoms with Crippen LogP contribution in [0.15, 0.2) is 23.2 Å². The molecule has 6 heteroatoms. The molecule has 4 nitrogen and oxygen atoms in total. The fraction of sp³-hybridized carbons (Fsp3) is 0.562. The number of hydrogen-bond donors (Lipinski definition) is 1. The minimum atomic E-state index is -0.434. The van der Waals surface area contributed by atoms with Crippen LogP contribution in [-0.2, 0) is 11.3 Å². The van der Waals surface area contributed by atoms with Gasteiger partial charge in [0.1, 0.15) is 11.6 Å². The van der Waals surface area contributed by atoms with Crippen LogP contribution in [0.5, 0.6) is 0 Å². The van der Waals surface area contributed by atoms with E-state index < -0.39 is 11.6 Å². The quantitative estimate of drug-likeness (QED) is 0.672. The van der Waals surface area contributed by atoms with Crippen LogP contribution >= 0.6 is 0 Å². The third-order valence-corrected chi connectivity index (χ3v) is 4.58. The molecule has 0 saturated carbocycles. The minimum Gasteiger partial charge on any atom is -0.381 e. The van der Waals surface area contributed by atoms with Crippen molar-refractivity contribution in [1.82, 2.24) is 10.2 Å². The highest BCUT2D eigenvalue weighted by Crippen LogP contribution is 2.38. The molecule has 1 aromatic carbocycles. The van der Waals surface area contributed by atoms with E-state index in [2.05, 4.69) is 15.2 Å². The first-order valence-electron chi connectivity index (χ1n) is 7.59. The van der Waals surface area contributed by atoms with Crippen LogP contribution in [0.2, 0.25) is 0 Å². The molecule has 0 aromatic heterocycles. The number of likely N-dealkylation sites (tertiary alicyclic amines) is 1. The molecule has 0 aliphatic carbocycles. The van der Waals surface area contributed by atoms with Gasteiger partial charge in [-0.1, -0.05) is 0 Å². The predicted molar refractivity (Wildman–Crippen MR) is 80.6 cm³/mol. The second-order valence-corrected chi connectivity index (χ2v) is 6.11. The first-order valence-corrected chi connectivity index (χ1v) is 7.59.